The highest BCUT2D eigenvalue weighted by atomic mass is 32.1. The molecule has 1 aromatic rings. The minimum Gasteiger partial charge on any atom is -0.350 e. The molecule has 6 nitrogen and oxygen atoms in total. The molecule has 3 amide bonds. The molecule has 7 heteroatoms. The van der Waals surface area contributed by atoms with Gasteiger partial charge in [-0.1, -0.05) is 13.8 Å². The van der Waals surface area contributed by atoms with Gasteiger partial charge in [-0.05, 0) is 31.6 Å². The maximum absolute atomic E-state index is 12.2. The van der Waals surface area contributed by atoms with Crippen molar-refractivity contribution in [3.8, 4) is 0 Å². The first-order chi connectivity index (χ1) is 11.0. The summed E-state index contributed by atoms with van der Waals surface area (Å²) in [6.45, 7) is 8.72. The van der Waals surface area contributed by atoms with Crippen LogP contribution in [0.15, 0.2) is 5.51 Å². The van der Waals surface area contributed by atoms with E-state index in [1.54, 1.807) is 5.51 Å². The number of likely N-dealkylation sites (tertiary alicyclic amines) is 1. The SMILES string of the molecule is Cc1ncsc1C(=O)NCCNC(=O)N1CC[C@H](C)C[C@H](C)C1. The van der Waals surface area contributed by atoms with Crippen molar-refractivity contribution >= 4 is 23.3 Å². The minimum absolute atomic E-state index is 0.0332. The summed E-state index contributed by atoms with van der Waals surface area (Å²) in [4.78, 5) is 30.7. The third-order valence-electron chi connectivity index (χ3n) is 4.15. The van der Waals surface area contributed by atoms with Crippen LogP contribution in [0.5, 0.6) is 0 Å². The number of hydrogen-bond acceptors (Lipinski definition) is 4. The fraction of sp³-hybridized carbons (Fsp3) is 0.688. The Balaban J connectivity index is 1.70. The van der Waals surface area contributed by atoms with Gasteiger partial charge in [0.15, 0.2) is 0 Å². The Labute approximate surface area is 141 Å². The van der Waals surface area contributed by atoms with Gasteiger partial charge in [0.2, 0.25) is 0 Å². The molecular formula is C16H26N4O2S. The van der Waals surface area contributed by atoms with Gasteiger partial charge >= 0.3 is 6.03 Å². The molecule has 1 aromatic heterocycles. The summed E-state index contributed by atoms with van der Waals surface area (Å²) in [6, 6.07) is -0.0332. The highest BCUT2D eigenvalue weighted by molar-refractivity contribution is 7.11. The van der Waals surface area contributed by atoms with Gasteiger partial charge in [0.1, 0.15) is 4.88 Å². The number of aryl methyl sites for hydroxylation is 1. The summed E-state index contributed by atoms with van der Waals surface area (Å²) in [5, 5.41) is 5.70. The molecule has 2 N–H and O–H groups in total. The van der Waals surface area contributed by atoms with Crippen LogP contribution in [-0.4, -0.2) is 48.0 Å². The van der Waals surface area contributed by atoms with E-state index in [4.69, 9.17) is 0 Å². The number of hydrogen-bond donors (Lipinski definition) is 2. The van der Waals surface area contributed by atoms with Crippen molar-refractivity contribution in [3.05, 3.63) is 16.1 Å². The lowest BCUT2D eigenvalue weighted by Crippen LogP contribution is -2.44. The Kier molecular flexibility index (Phi) is 6.38. The molecule has 0 saturated carbocycles. The second-order valence-electron chi connectivity index (χ2n) is 6.44. The normalized spacial score (nSPS) is 21.6. The molecule has 2 heterocycles. The highest BCUT2D eigenvalue weighted by Crippen LogP contribution is 2.21. The third-order valence-corrected chi connectivity index (χ3v) is 5.08. The van der Waals surface area contributed by atoms with E-state index in [9.17, 15) is 9.59 Å². The van der Waals surface area contributed by atoms with Crippen molar-refractivity contribution in [1.29, 1.82) is 0 Å². The molecule has 23 heavy (non-hydrogen) atoms. The first kappa shape index (κ1) is 17.7. The first-order valence-electron chi connectivity index (χ1n) is 8.18. The van der Waals surface area contributed by atoms with Gasteiger partial charge in [-0.3, -0.25) is 4.79 Å². The largest absolute Gasteiger partial charge is 0.350 e. The molecular weight excluding hydrogens is 312 g/mol. The molecule has 0 bridgehead atoms. The van der Waals surface area contributed by atoms with Crippen LogP contribution in [0.3, 0.4) is 0 Å². The van der Waals surface area contributed by atoms with Crippen molar-refractivity contribution in [2.24, 2.45) is 11.8 Å². The van der Waals surface area contributed by atoms with Gasteiger partial charge in [0, 0.05) is 26.2 Å². The number of carbonyl (C=O) groups is 2. The van der Waals surface area contributed by atoms with Crippen LogP contribution in [0, 0.1) is 18.8 Å². The van der Waals surface area contributed by atoms with E-state index < -0.39 is 0 Å². The molecule has 0 aliphatic carbocycles. The Hall–Kier alpha value is -1.63. The summed E-state index contributed by atoms with van der Waals surface area (Å²) < 4.78 is 0. The van der Waals surface area contributed by atoms with Gasteiger partial charge in [-0.15, -0.1) is 11.3 Å². The molecule has 1 saturated heterocycles. The van der Waals surface area contributed by atoms with Crippen molar-refractivity contribution in [2.45, 2.75) is 33.6 Å². The Morgan fingerprint density at radius 3 is 2.74 bits per heavy atom. The van der Waals surface area contributed by atoms with E-state index in [0.717, 1.165) is 25.2 Å². The summed E-state index contributed by atoms with van der Waals surface area (Å²) in [6.07, 6.45) is 2.23. The zero-order valence-corrected chi connectivity index (χ0v) is 14.9. The number of nitrogens with zero attached hydrogens (tertiary/aromatic N) is 2. The monoisotopic (exact) mass is 338 g/mol. The molecule has 0 aromatic carbocycles. The van der Waals surface area contributed by atoms with Crippen molar-refractivity contribution < 1.29 is 9.59 Å². The summed E-state index contributed by atoms with van der Waals surface area (Å²) in [5.74, 6) is 1.08. The Morgan fingerprint density at radius 1 is 1.30 bits per heavy atom. The van der Waals surface area contributed by atoms with E-state index in [0.29, 0.717) is 29.8 Å². The molecule has 1 aliphatic heterocycles. The fourth-order valence-electron chi connectivity index (χ4n) is 2.96. The maximum Gasteiger partial charge on any atom is 0.317 e. The van der Waals surface area contributed by atoms with E-state index in [1.807, 2.05) is 11.8 Å². The Morgan fingerprint density at radius 2 is 2.04 bits per heavy atom. The second-order valence-corrected chi connectivity index (χ2v) is 7.29. The average Bonchev–Trinajstić information content (AvgIpc) is 2.85. The zero-order valence-electron chi connectivity index (χ0n) is 14.1. The van der Waals surface area contributed by atoms with Crippen molar-refractivity contribution in [1.82, 2.24) is 20.5 Å². The molecule has 0 spiro atoms. The van der Waals surface area contributed by atoms with Crippen LogP contribution in [-0.2, 0) is 0 Å². The lowest BCUT2D eigenvalue weighted by molar-refractivity contribution is 0.0956. The quantitative estimate of drug-likeness (QED) is 0.827. The molecule has 128 valence electrons. The van der Waals surface area contributed by atoms with E-state index in [1.165, 1.54) is 17.8 Å². The van der Waals surface area contributed by atoms with Gasteiger partial charge in [-0.2, -0.15) is 0 Å². The molecule has 2 rings (SSSR count). The van der Waals surface area contributed by atoms with Crippen molar-refractivity contribution in [2.75, 3.05) is 26.2 Å². The van der Waals surface area contributed by atoms with Crippen LogP contribution in [0.2, 0.25) is 0 Å². The number of thiazole rings is 1. The predicted octanol–water partition coefficient (Wildman–Crippen LogP) is 2.26. The van der Waals surface area contributed by atoms with Crippen molar-refractivity contribution in [3.63, 3.8) is 0 Å². The predicted molar refractivity (Wildman–Crippen MR) is 91.7 cm³/mol. The average molecular weight is 338 g/mol. The van der Waals surface area contributed by atoms with E-state index in [-0.39, 0.29) is 11.9 Å². The lowest BCUT2D eigenvalue weighted by Gasteiger charge is -2.23. The van der Waals surface area contributed by atoms with Crippen LogP contribution >= 0.6 is 11.3 Å². The molecule has 1 fully saturated rings. The number of rotatable bonds is 4. The van der Waals surface area contributed by atoms with Gasteiger partial charge in [-0.25, -0.2) is 9.78 Å². The molecule has 1 aliphatic rings. The van der Waals surface area contributed by atoms with Gasteiger partial charge < -0.3 is 15.5 Å². The summed E-state index contributed by atoms with van der Waals surface area (Å²) in [5.41, 5.74) is 2.40. The van der Waals surface area contributed by atoms with Gasteiger partial charge in [0.25, 0.3) is 5.91 Å². The smallest absolute Gasteiger partial charge is 0.317 e. The first-order valence-corrected chi connectivity index (χ1v) is 9.06. The molecule has 0 radical (unpaired) electrons. The number of nitrogens with one attached hydrogen (secondary N) is 2. The molecule has 2 atom stereocenters. The summed E-state index contributed by atoms with van der Waals surface area (Å²) >= 11 is 1.33. The lowest BCUT2D eigenvalue weighted by atomic mass is 9.97. The second kappa shape index (κ2) is 8.29. The fourth-order valence-corrected chi connectivity index (χ4v) is 3.68. The topological polar surface area (TPSA) is 74.3 Å². The third kappa shape index (κ3) is 5.20. The van der Waals surface area contributed by atoms with Crippen LogP contribution in [0.4, 0.5) is 4.79 Å². The standard InChI is InChI=1S/C16H26N4O2S/c1-11-4-7-20(9-12(2)8-11)16(22)18-6-5-17-15(21)14-13(3)19-10-23-14/h10-12H,4-9H2,1-3H3,(H,17,21)(H,18,22)/t11-,12-/m0/s1. The van der Waals surface area contributed by atoms with E-state index in [2.05, 4.69) is 29.5 Å². The highest BCUT2D eigenvalue weighted by Gasteiger charge is 2.22. The summed E-state index contributed by atoms with van der Waals surface area (Å²) in [7, 11) is 0. The zero-order chi connectivity index (χ0) is 16.8. The van der Waals surface area contributed by atoms with Crippen LogP contribution < -0.4 is 10.6 Å². The number of aromatic nitrogens is 1. The molecule has 0 unspecified atom stereocenters. The number of amides is 3. The minimum atomic E-state index is -0.128. The maximum atomic E-state index is 12.2. The number of carbonyl (C=O) groups excluding carboxylic acids is 2. The Bertz CT molecular complexity index is 546. The number of urea groups is 1. The van der Waals surface area contributed by atoms with Gasteiger partial charge in [0.05, 0.1) is 11.2 Å². The van der Waals surface area contributed by atoms with Crippen LogP contribution in [0.25, 0.3) is 0 Å². The van der Waals surface area contributed by atoms with Crippen LogP contribution in [0.1, 0.15) is 42.1 Å². The van der Waals surface area contributed by atoms with E-state index >= 15 is 0 Å².